The standard InChI is InChI=1S/C15H16O3/c1-15(2,3)18-17-14(16)13-10-6-8-11-7-4-5-9-12(11)13/h4-10H,1-3H3. The van der Waals surface area contributed by atoms with Crippen LogP contribution in [0, 0.1) is 0 Å². The van der Waals surface area contributed by atoms with Crippen LogP contribution in [0.25, 0.3) is 10.8 Å². The first-order valence-electron chi connectivity index (χ1n) is 5.85. The molecule has 0 N–H and O–H groups in total. The lowest BCUT2D eigenvalue weighted by Crippen LogP contribution is -2.22. The van der Waals surface area contributed by atoms with Crippen molar-refractivity contribution in [2.75, 3.05) is 0 Å². The first-order chi connectivity index (χ1) is 8.47. The van der Waals surface area contributed by atoms with E-state index in [0.717, 1.165) is 10.8 Å². The Bertz CT molecular complexity index is 562. The molecular weight excluding hydrogens is 228 g/mol. The number of rotatable bonds is 2. The largest absolute Gasteiger partial charge is 0.373 e. The number of carbonyl (C=O) groups excluding carboxylic acids is 1. The van der Waals surface area contributed by atoms with E-state index in [2.05, 4.69) is 0 Å². The van der Waals surface area contributed by atoms with Crippen molar-refractivity contribution in [1.29, 1.82) is 0 Å². The molecule has 0 heterocycles. The zero-order valence-electron chi connectivity index (χ0n) is 10.8. The van der Waals surface area contributed by atoms with Crippen LogP contribution >= 0.6 is 0 Å². The van der Waals surface area contributed by atoms with Gasteiger partial charge < -0.3 is 0 Å². The Hall–Kier alpha value is -1.87. The van der Waals surface area contributed by atoms with E-state index in [1.54, 1.807) is 6.07 Å². The van der Waals surface area contributed by atoms with Crippen molar-refractivity contribution >= 4 is 16.7 Å². The van der Waals surface area contributed by atoms with Crippen molar-refractivity contribution in [2.45, 2.75) is 26.4 Å². The van der Waals surface area contributed by atoms with E-state index in [1.165, 1.54) is 0 Å². The lowest BCUT2D eigenvalue weighted by molar-refractivity contribution is -0.301. The number of hydrogen-bond donors (Lipinski definition) is 0. The van der Waals surface area contributed by atoms with Crippen molar-refractivity contribution in [2.24, 2.45) is 0 Å². The summed E-state index contributed by atoms with van der Waals surface area (Å²) in [6.07, 6.45) is 0. The summed E-state index contributed by atoms with van der Waals surface area (Å²) in [7, 11) is 0. The first kappa shape index (κ1) is 12.6. The second-order valence-electron chi connectivity index (χ2n) is 5.09. The van der Waals surface area contributed by atoms with Crippen LogP contribution in [-0.4, -0.2) is 11.6 Å². The molecule has 2 aromatic rings. The van der Waals surface area contributed by atoms with Gasteiger partial charge in [-0.1, -0.05) is 36.4 Å². The molecule has 0 saturated heterocycles. The lowest BCUT2D eigenvalue weighted by Gasteiger charge is -2.16. The maximum absolute atomic E-state index is 12.0. The van der Waals surface area contributed by atoms with E-state index in [9.17, 15) is 4.79 Å². The molecule has 3 heteroatoms. The quantitative estimate of drug-likeness (QED) is 0.596. The van der Waals surface area contributed by atoms with Crippen LogP contribution in [0.5, 0.6) is 0 Å². The molecule has 0 aliphatic rings. The summed E-state index contributed by atoms with van der Waals surface area (Å²) >= 11 is 0. The smallest absolute Gasteiger partial charge is 0.292 e. The molecule has 18 heavy (non-hydrogen) atoms. The monoisotopic (exact) mass is 244 g/mol. The van der Waals surface area contributed by atoms with Gasteiger partial charge >= 0.3 is 5.97 Å². The lowest BCUT2D eigenvalue weighted by atomic mass is 10.1. The van der Waals surface area contributed by atoms with Gasteiger partial charge in [0.1, 0.15) is 5.60 Å². The van der Waals surface area contributed by atoms with Crippen molar-refractivity contribution in [3.8, 4) is 0 Å². The van der Waals surface area contributed by atoms with Crippen molar-refractivity contribution < 1.29 is 14.6 Å². The highest BCUT2D eigenvalue weighted by Crippen LogP contribution is 2.20. The fourth-order valence-electron chi connectivity index (χ4n) is 1.61. The van der Waals surface area contributed by atoms with E-state index >= 15 is 0 Å². The predicted octanol–water partition coefficient (Wildman–Crippen LogP) is 3.73. The summed E-state index contributed by atoms with van der Waals surface area (Å²) < 4.78 is 0. The molecule has 2 aromatic carbocycles. The second kappa shape index (κ2) is 4.78. The van der Waals surface area contributed by atoms with Crippen LogP contribution in [0.1, 0.15) is 31.1 Å². The number of carbonyl (C=O) groups is 1. The minimum Gasteiger partial charge on any atom is -0.292 e. The molecule has 0 aliphatic carbocycles. The van der Waals surface area contributed by atoms with Crippen molar-refractivity contribution in [3.05, 3.63) is 48.0 Å². The van der Waals surface area contributed by atoms with Gasteiger partial charge in [0.25, 0.3) is 0 Å². The van der Waals surface area contributed by atoms with Crippen LogP contribution in [0.3, 0.4) is 0 Å². The van der Waals surface area contributed by atoms with Gasteiger partial charge in [-0.3, -0.25) is 4.89 Å². The molecule has 0 saturated carbocycles. The summed E-state index contributed by atoms with van der Waals surface area (Å²) in [5, 5.41) is 1.87. The van der Waals surface area contributed by atoms with E-state index in [-0.39, 0.29) is 0 Å². The van der Waals surface area contributed by atoms with Crippen LogP contribution in [0.15, 0.2) is 42.5 Å². The summed E-state index contributed by atoms with van der Waals surface area (Å²) in [5.41, 5.74) is -0.00221. The zero-order chi connectivity index (χ0) is 13.2. The fraction of sp³-hybridized carbons (Fsp3) is 0.267. The molecule has 0 aromatic heterocycles. The predicted molar refractivity (Wildman–Crippen MR) is 70.2 cm³/mol. The third-order valence-corrected chi connectivity index (χ3v) is 2.38. The van der Waals surface area contributed by atoms with Gasteiger partial charge in [-0.2, -0.15) is 4.89 Å². The van der Waals surface area contributed by atoms with Gasteiger partial charge in [0.05, 0.1) is 5.56 Å². The highest BCUT2D eigenvalue weighted by molar-refractivity contribution is 6.04. The summed E-state index contributed by atoms with van der Waals surface area (Å²) in [6, 6.07) is 13.2. The zero-order valence-corrected chi connectivity index (χ0v) is 10.8. The molecular formula is C15H16O3. The highest BCUT2D eigenvalue weighted by atomic mass is 17.2. The Labute approximate surface area is 106 Å². The molecule has 0 unspecified atom stereocenters. The van der Waals surface area contributed by atoms with Crippen molar-refractivity contribution in [3.63, 3.8) is 0 Å². The van der Waals surface area contributed by atoms with Gasteiger partial charge in [-0.05, 0) is 37.6 Å². The molecule has 3 nitrogen and oxygen atoms in total. The van der Waals surface area contributed by atoms with E-state index in [1.807, 2.05) is 57.2 Å². The third-order valence-electron chi connectivity index (χ3n) is 2.38. The third kappa shape index (κ3) is 2.87. The Balaban J connectivity index is 2.28. The van der Waals surface area contributed by atoms with Gasteiger partial charge in [0, 0.05) is 0 Å². The SMILES string of the molecule is CC(C)(C)OOC(=O)c1cccc2ccccc12. The van der Waals surface area contributed by atoms with E-state index < -0.39 is 11.6 Å². The molecule has 0 bridgehead atoms. The molecule has 0 aliphatic heterocycles. The summed E-state index contributed by atoms with van der Waals surface area (Å²) in [4.78, 5) is 21.9. The Kier molecular flexibility index (Phi) is 3.34. The molecule has 0 amide bonds. The molecule has 0 fully saturated rings. The fourth-order valence-corrected chi connectivity index (χ4v) is 1.61. The van der Waals surface area contributed by atoms with Crippen LogP contribution < -0.4 is 0 Å². The maximum atomic E-state index is 12.0. The highest BCUT2D eigenvalue weighted by Gasteiger charge is 2.17. The maximum Gasteiger partial charge on any atom is 0.373 e. The Morgan fingerprint density at radius 3 is 2.39 bits per heavy atom. The minimum absolute atomic E-state index is 0.471. The molecule has 0 radical (unpaired) electrons. The number of fused-ring (bicyclic) bond motifs is 1. The van der Waals surface area contributed by atoms with Crippen LogP contribution in [0.4, 0.5) is 0 Å². The average molecular weight is 244 g/mol. The topological polar surface area (TPSA) is 35.5 Å². The van der Waals surface area contributed by atoms with Crippen LogP contribution in [-0.2, 0) is 9.78 Å². The molecule has 0 spiro atoms. The second-order valence-corrected chi connectivity index (χ2v) is 5.09. The van der Waals surface area contributed by atoms with Gasteiger partial charge in [-0.25, -0.2) is 4.79 Å². The van der Waals surface area contributed by atoms with E-state index in [4.69, 9.17) is 9.78 Å². The summed E-state index contributed by atoms with van der Waals surface area (Å²) in [5.74, 6) is -0.471. The molecule has 94 valence electrons. The van der Waals surface area contributed by atoms with Gasteiger partial charge in [-0.15, -0.1) is 0 Å². The van der Waals surface area contributed by atoms with E-state index in [0.29, 0.717) is 5.56 Å². The van der Waals surface area contributed by atoms with Crippen molar-refractivity contribution in [1.82, 2.24) is 0 Å². The summed E-state index contributed by atoms with van der Waals surface area (Å²) in [6.45, 7) is 5.47. The van der Waals surface area contributed by atoms with Gasteiger partial charge in [0.2, 0.25) is 0 Å². The minimum atomic E-state index is -0.514. The number of hydrogen-bond acceptors (Lipinski definition) is 3. The number of benzene rings is 2. The Morgan fingerprint density at radius 1 is 1.00 bits per heavy atom. The Morgan fingerprint density at radius 2 is 1.67 bits per heavy atom. The van der Waals surface area contributed by atoms with Crippen LogP contribution in [0.2, 0.25) is 0 Å². The van der Waals surface area contributed by atoms with Gasteiger partial charge in [0.15, 0.2) is 0 Å². The molecule has 0 atom stereocenters. The molecule has 2 rings (SSSR count). The normalized spacial score (nSPS) is 11.5. The average Bonchev–Trinajstić information content (AvgIpc) is 2.34. The first-order valence-corrected chi connectivity index (χ1v) is 5.85.